The molecule has 0 aliphatic carbocycles. The second-order valence-electron chi connectivity index (χ2n) is 4.86. The topological polar surface area (TPSA) is 93.0 Å². The summed E-state index contributed by atoms with van der Waals surface area (Å²) in [4.78, 5) is 11.9. The van der Waals surface area contributed by atoms with Crippen molar-refractivity contribution >= 4 is 11.6 Å². The lowest BCUT2D eigenvalue weighted by Crippen LogP contribution is -2.25. The maximum Gasteiger partial charge on any atom is 0.273 e. The van der Waals surface area contributed by atoms with Crippen LogP contribution in [0.5, 0.6) is 0 Å². The van der Waals surface area contributed by atoms with Crippen LogP contribution in [0.2, 0.25) is 0 Å². The van der Waals surface area contributed by atoms with Crippen molar-refractivity contribution < 1.29 is 9.53 Å². The number of aromatic nitrogens is 2. The van der Waals surface area contributed by atoms with Gasteiger partial charge in [-0.3, -0.25) is 9.89 Å². The highest BCUT2D eigenvalue weighted by atomic mass is 16.5. The molecule has 0 bridgehead atoms. The zero-order chi connectivity index (χ0) is 14.3. The molecule has 1 amide bonds. The number of nitrogen functional groups attached to an aromatic ring is 1. The number of anilines is 1. The molecule has 6 nitrogen and oxygen atoms in total. The molecule has 0 atom stereocenters. The zero-order valence-corrected chi connectivity index (χ0v) is 12.0. The zero-order valence-electron chi connectivity index (χ0n) is 12.0. The number of carbonyl (C=O) groups excluding carboxylic acids is 1. The third kappa shape index (κ3) is 4.55. The molecule has 1 heterocycles. The Kier molecular flexibility index (Phi) is 6.35. The van der Waals surface area contributed by atoms with E-state index in [1.54, 1.807) is 7.11 Å². The first kappa shape index (κ1) is 15.5. The number of nitrogens with zero attached hydrogens (tertiary/aromatic N) is 1. The average molecular weight is 268 g/mol. The van der Waals surface area contributed by atoms with Crippen LogP contribution in [0, 0.1) is 0 Å². The van der Waals surface area contributed by atoms with Gasteiger partial charge < -0.3 is 15.8 Å². The van der Waals surface area contributed by atoms with E-state index in [9.17, 15) is 4.79 Å². The number of nitrogens with one attached hydrogen (secondary N) is 2. The summed E-state index contributed by atoms with van der Waals surface area (Å²) in [6, 6.07) is 0. The molecule has 19 heavy (non-hydrogen) atoms. The van der Waals surface area contributed by atoms with Crippen molar-refractivity contribution in [2.75, 3.05) is 26.0 Å². The summed E-state index contributed by atoms with van der Waals surface area (Å²) in [5, 5.41) is 9.63. The predicted octanol–water partition coefficient (Wildman–Crippen LogP) is 1.66. The Morgan fingerprint density at radius 1 is 1.42 bits per heavy atom. The Morgan fingerprint density at radius 3 is 2.74 bits per heavy atom. The Bertz CT molecular complexity index is 401. The first-order valence-corrected chi connectivity index (χ1v) is 6.68. The summed E-state index contributed by atoms with van der Waals surface area (Å²) in [6.45, 7) is 5.40. The molecule has 0 fully saturated rings. The highest BCUT2D eigenvalue weighted by molar-refractivity contribution is 5.97. The first-order chi connectivity index (χ1) is 9.07. The minimum absolute atomic E-state index is 0.215. The van der Waals surface area contributed by atoms with E-state index in [4.69, 9.17) is 10.5 Å². The van der Waals surface area contributed by atoms with Gasteiger partial charge in [0, 0.05) is 20.3 Å². The fraction of sp³-hybridized carbons (Fsp3) is 0.692. The lowest BCUT2D eigenvalue weighted by atomic mass is 10.1. The second kappa shape index (κ2) is 7.78. The van der Waals surface area contributed by atoms with Gasteiger partial charge in [0.05, 0.1) is 11.4 Å². The second-order valence-corrected chi connectivity index (χ2v) is 4.86. The van der Waals surface area contributed by atoms with Crippen molar-refractivity contribution in [2.24, 2.45) is 0 Å². The van der Waals surface area contributed by atoms with E-state index in [2.05, 4.69) is 15.5 Å². The molecule has 1 rings (SSSR count). The monoisotopic (exact) mass is 268 g/mol. The molecule has 0 aliphatic heterocycles. The quantitative estimate of drug-likeness (QED) is 0.625. The highest BCUT2D eigenvalue weighted by Gasteiger charge is 2.18. The SMILES string of the molecule is COCCCCCNC(=O)c1n[nH]c(C(C)C)c1N. The molecule has 0 saturated heterocycles. The number of rotatable bonds is 8. The van der Waals surface area contributed by atoms with E-state index < -0.39 is 0 Å². The van der Waals surface area contributed by atoms with Gasteiger partial charge in [0.25, 0.3) is 5.91 Å². The molecule has 0 aromatic carbocycles. The van der Waals surface area contributed by atoms with Gasteiger partial charge >= 0.3 is 0 Å². The molecule has 0 saturated carbocycles. The molecule has 0 spiro atoms. The van der Waals surface area contributed by atoms with Crippen LogP contribution in [0.1, 0.15) is 55.2 Å². The van der Waals surface area contributed by atoms with E-state index in [0.29, 0.717) is 17.9 Å². The maximum atomic E-state index is 11.9. The normalized spacial score (nSPS) is 10.9. The number of ether oxygens (including phenoxy) is 1. The van der Waals surface area contributed by atoms with E-state index in [1.807, 2.05) is 13.8 Å². The van der Waals surface area contributed by atoms with Crippen molar-refractivity contribution in [3.05, 3.63) is 11.4 Å². The average Bonchev–Trinajstić information content (AvgIpc) is 2.75. The molecule has 1 aromatic heterocycles. The largest absolute Gasteiger partial charge is 0.395 e. The maximum absolute atomic E-state index is 11.9. The van der Waals surface area contributed by atoms with Crippen LogP contribution in [-0.4, -0.2) is 36.4 Å². The lowest BCUT2D eigenvalue weighted by Gasteiger charge is -2.05. The van der Waals surface area contributed by atoms with Crippen molar-refractivity contribution in [3.63, 3.8) is 0 Å². The molecule has 108 valence electrons. The van der Waals surface area contributed by atoms with Crippen molar-refractivity contribution in [2.45, 2.75) is 39.0 Å². The third-order valence-electron chi connectivity index (χ3n) is 2.94. The lowest BCUT2D eigenvalue weighted by molar-refractivity contribution is 0.0948. The Balaban J connectivity index is 2.37. The number of amides is 1. The predicted molar refractivity (Wildman–Crippen MR) is 75.1 cm³/mol. The van der Waals surface area contributed by atoms with Crippen LogP contribution < -0.4 is 11.1 Å². The summed E-state index contributed by atoms with van der Waals surface area (Å²) >= 11 is 0. The standard InChI is InChI=1S/C13H24N4O2/c1-9(2)11-10(14)12(17-16-11)13(18)15-7-5-4-6-8-19-3/h9H,4-8,14H2,1-3H3,(H,15,18)(H,16,17). The van der Waals surface area contributed by atoms with Crippen LogP contribution in [-0.2, 0) is 4.74 Å². The Morgan fingerprint density at radius 2 is 2.16 bits per heavy atom. The summed E-state index contributed by atoms with van der Waals surface area (Å²) in [6.07, 6.45) is 2.96. The molecule has 0 radical (unpaired) electrons. The van der Waals surface area contributed by atoms with Crippen LogP contribution in [0.25, 0.3) is 0 Å². The van der Waals surface area contributed by atoms with Gasteiger partial charge in [-0.1, -0.05) is 13.8 Å². The summed E-state index contributed by atoms with van der Waals surface area (Å²) in [5.74, 6) is 0.00971. The number of aromatic amines is 1. The summed E-state index contributed by atoms with van der Waals surface area (Å²) in [5.41, 5.74) is 7.46. The van der Waals surface area contributed by atoms with Crippen LogP contribution >= 0.6 is 0 Å². The van der Waals surface area contributed by atoms with Gasteiger partial charge in [-0.2, -0.15) is 5.10 Å². The molecule has 4 N–H and O–H groups in total. The number of hydrogen-bond donors (Lipinski definition) is 3. The van der Waals surface area contributed by atoms with E-state index in [-0.39, 0.29) is 11.8 Å². The summed E-state index contributed by atoms with van der Waals surface area (Å²) < 4.78 is 4.96. The summed E-state index contributed by atoms with van der Waals surface area (Å²) in [7, 11) is 1.69. The number of unbranched alkanes of at least 4 members (excludes halogenated alkanes) is 2. The fourth-order valence-corrected chi connectivity index (χ4v) is 1.81. The van der Waals surface area contributed by atoms with Crippen molar-refractivity contribution in [1.82, 2.24) is 15.5 Å². The number of nitrogens with two attached hydrogens (primary N) is 1. The molecule has 1 aromatic rings. The minimum Gasteiger partial charge on any atom is -0.395 e. The fourth-order valence-electron chi connectivity index (χ4n) is 1.81. The van der Waals surface area contributed by atoms with Crippen LogP contribution in [0.15, 0.2) is 0 Å². The van der Waals surface area contributed by atoms with E-state index in [1.165, 1.54) is 0 Å². The first-order valence-electron chi connectivity index (χ1n) is 6.68. The Hall–Kier alpha value is -1.56. The smallest absolute Gasteiger partial charge is 0.273 e. The van der Waals surface area contributed by atoms with Crippen molar-refractivity contribution in [1.29, 1.82) is 0 Å². The van der Waals surface area contributed by atoms with Gasteiger partial charge in [-0.05, 0) is 25.2 Å². The van der Waals surface area contributed by atoms with Gasteiger partial charge in [-0.15, -0.1) is 0 Å². The van der Waals surface area contributed by atoms with E-state index in [0.717, 1.165) is 31.6 Å². The molecule has 6 heteroatoms. The molecular formula is C13H24N4O2. The van der Waals surface area contributed by atoms with Crippen molar-refractivity contribution in [3.8, 4) is 0 Å². The van der Waals surface area contributed by atoms with Gasteiger partial charge in [0.2, 0.25) is 0 Å². The Labute approximate surface area is 114 Å². The van der Waals surface area contributed by atoms with Gasteiger partial charge in [0.1, 0.15) is 0 Å². The number of H-pyrrole nitrogens is 1. The number of hydrogen-bond acceptors (Lipinski definition) is 4. The number of carbonyl (C=O) groups is 1. The molecular weight excluding hydrogens is 244 g/mol. The third-order valence-corrected chi connectivity index (χ3v) is 2.94. The molecule has 0 aliphatic rings. The highest BCUT2D eigenvalue weighted by Crippen LogP contribution is 2.21. The van der Waals surface area contributed by atoms with E-state index >= 15 is 0 Å². The van der Waals surface area contributed by atoms with Crippen LogP contribution in [0.4, 0.5) is 5.69 Å². The van der Waals surface area contributed by atoms with Gasteiger partial charge in [0.15, 0.2) is 5.69 Å². The molecule has 0 unspecified atom stereocenters. The van der Waals surface area contributed by atoms with Gasteiger partial charge in [-0.25, -0.2) is 0 Å². The van der Waals surface area contributed by atoms with Crippen LogP contribution in [0.3, 0.4) is 0 Å². The minimum atomic E-state index is -0.215. The number of methoxy groups -OCH3 is 1.